The van der Waals surface area contributed by atoms with E-state index in [1.165, 1.54) is 30.2 Å². The Balaban J connectivity index is 1.69. The molecule has 7 nitrogen and oxygen atoms in total. The number of H-pyrrole nitrogens is 1. The molecule has 0 aliphatic rings. The molecule has 0 aliphatic heterocycles. The molecule has 1 aromatic heterocycles. The van der Waals surface area contributed by atoms with Crippen LogP contribution in [-0.2, 0) is 14.6 Å². The van der Waals surface area contributed by atoms with Gasteiger partial charge in [0.25, 0.3) is 0 Å². The van der Waals surface area contributed by atoms with Crippen LogP contribution in [0.15, 0.2) is 46.7 Å². The Morgan fingerprint density at radius 3 is 2.73 bits per heavy atom. The number of rotatable bonds is 8. The van der Waals surface area contributed by atoms with E-state index in [9.17, 15) is 13.2 Å². The minimum Gasteiger partial charge on any atom is -0.355 e. The summed E-state index contributed by atoms with van der Waals surface area (Å²) in [6.07, 6.45) is 1.36. The predicted octanol–water partition coefficient (Wildman–Crippen LogP) is 0.877. The number of nitrogens with one attached hydrogen (secondary N) is 2. The molecular weight excluding hydrogens is 324 g/mol. The van der Waals surface area contributed by atoms with E-state index < -0.39 is 9.84 Å². The minimum atomic E-state index is -3.41. The number of benzene rings is 1. The second-order valence-corrected chi connectivity index (χ2v) is 7.56. The largest absolute Gasteiger partial charge is 0.355 e. The fraction of sp³-hybridized carbons (Fsp3) is 0.308. The summed E-state index contributed by atoms with van der Waals surface area (Å²) in [5.74, 6) is 0.155. The lowest BCUT2D eigenvalue weighted by Gasteiger charge is -2.05. The Bertz CT molecular complexity index is 687. The molecule has 0 saturated carbocycles. The maximum Gasteiger partial charge on any atom is 0.221 e. The van der Waals surface area contributed by atoms with Gasteiger partial charge in [0.1, 0.15) is 6.33 Å². The van der Waals surface area contributed by atoms with Gasteiger partial charge >= 0.3 is 0 Å². The van der Waals surface area contributed by atoms with Gasteiger partial charge in [0.15, 0.2) is 15.0 Å². The van der Waals surface area contributed by atoms with Crippen LogP contribution in [0.3, 0.4) is 0 Å². The molecule has 22 heavy (non-hydrogen) atoms. The van der Waals surface area contributed by atoms with Crippen molar-refractivity contribution in [3.05, 3.63) is 36.7 Å². The van der Waals surface area contributed by atoms with Gasteiger partial charge in [-0.25, -0.2) is 13.4 Å². The van der Waals surface area contributed by atoms with Crippen molar-refractivity contribution in [1.29, 1.82) is 0 Å². The average Bonchev–Trinajstić information content (AvgIpc) is 3.04. The first kappa shape index (κ1) is 16.5. The third-order valence-corrected chi connectivity index (χ3v) is 5.37. The lowest BCUT2D eigenvalue weighted by Crippen LogP contribution is -2.27. The highest BCUT2D eigenvalue weighted by atomic mass is 32.2. The SMILES string of the molecule is O=C(CCS(=O)(=O)c1ccccc1)NCCSc1ncn[nH]1. The zero-order valence-corrected chi connectivity index (χ0v) is 13.4. The van der Waals surface area contributed by atoms with E-state index >= 15 is 0 Å². The molecule has 1 heterocycles. The summed E-state index contributed by atoms with van der Waals surface area (Å²) in [5, 5.41) is 9.77. The molecule has 0 spiro atoms. The van der Waals surface area contributed by atoms with Gasteiger partial charge in [-0.2, -0.15) is 5.10 Å². The van der Waals surface area contributed by atoms with Crippen molar-refractivity contribution in [1.82, 2.24) is 20.5 Å². The Morgan fingerprint density at radius 1 is 1.27 bits per heavy atom. The molecular formula is C13H16N4O3S2. The maximum absolute atomic E-state index is 12.0. The molecule has 0 bridgehead atoms. The smallest absolute Gasteiger partial charge is 0.221 e. The van der Waals surface area contributed by atoms with Gasteiger partial charge in [0.05, 0.1) is 10.6 Å². The van der Waals surface area contributed by atoms with E-state index in [0.717, 1.165) is 0 Å². The monoisotopic (exact) mass is 340 g/mol. The fourth-order valence-corrected chi connectivity index (χ4v) is 3.56. The molecule has 0 unspecified atom stereocenters. The number of thioether (sulfide) groups is 1. The zero-order valence-electron chi connectivity index (χ0n) is 11.7. The first-order valence-electron chi connectivity index (χ1n) is 6.60. The summed E-state index contributed by atoms with van der Waals surface area (Å²) in [6.45, 7) is 0.440. The third-order valence-electron chi connectivity index (χ3n) is 2.76. The summed E-state index contributed by atoms with van der Waals surface area (Å²) in [7, 11) is -3.41. The second kappa shape index (κ2) is 7.95. The van der Waals surface area contributed by atoms with Crippen LogP contribution in [0.4, 0.5) is 0 Å². The van der Waals surface area contributed by atoms with Gasteiger partial charge in [0.2, 0.25) is 5.91 Å². The van der Waals surface area contributed by atoms with Gasteiger partial charge in [-0.15, -0.1) is 0 Å². The molecule has 9 heteroatoms. The van der Waals surface area contributed by atoms with Crippen LogP contribution in [0.5, 0.6) is 0 Å². The number of carbonyl (C=O) groups excluding carboxylic acids is 1. The van der Waals surface area contributed by atoms with Crippen LogP contribution in [-0.4, -0.2) is 47.6 Å². The molecule has 0 fully saturated rings. The fourth-order valence-electron chi connectivity index (χ4n) is 1.66. The minimum absolute atomic E-state index is 0.0514. The van der Waals surface area contributed by atoms with Crippen molar-refractivity contribution in [2.45, 2.75) is 16.5 Å². The highest BCUT2D eigenvalue weighted by Crippen LogP contribution is 2.11. The Morgan fingerprint density at radius 2 is 2.05 bits per heavy atom. The molecule has 0 radical (unpaired) electrons. The van der Waals surface area contributed by atoms with E-state index in [2.05, 4.69) is 20.5 Å². The Kier molecular flexibility index (Phi) is 5.96. The lowest BCUT2D eigenvalue weighted by molar-refractivity contribution is -0.120. The van der Waals surface area contributed by atoms with Gasteiger partial charge in [-0.3, -0.25) is 9.89 Å². The number of hydrogen-bond donors (Lipinski definition) is 2. The summed E-state index contributed by atoms with van der Waals surface area (Å²) >= 11 is 1.43. The Labute approximate surface area is 132 Å². The van der Waals surface area contributed by atoms with E-state index in [4.69, 9.17) is 0 Å². The van der Waals surface area contributed by atoms with Crippen molar-refractivity contribution >= 4 is 27.5 Å². The van der Waals surface area contributed by atoms with Crippen LogP contribution in [0.1, 0.15) is 6.42 Å². The zero-order chi connectivity index (χ0) is 15.8. The van der Waals surface area contributed by atoms with Crippen molar-refractivity contribution in [3.63, 3.8) is 0 Å². The summed E-state index contributed by atoms with van der Waals surface area (Å²) < 4.78 is 24.0. The molecule has 0 saturated heterocycles. The summed E-state index contributed by atoms with van der Waals surface area (Å²) in [5.41, 5.74) is 0. The van der Waals surface area contributed by atoms with Crippen molar-refractivity contribution in [3.8, 4) is 0 Å². The van der Waals surface area contributed by atoms with Crippen molar-refractivity contribution in [2.75, 3.05) is 18.1 Å². The molecule has 0 atom stereocenters. The third kappa shape index (κ3) is 5.15. The van der Waals surface area contributed by atoms with Crippen molar-refractivity contribution < 1.29 is 13.2 Å². The summed E-state index contributed by atoms with van der Waals surface area (Å²) in [6, 6.07) is 8.13. The average molecular weight is 340 g/mol. The van der Waals surface area contributed by atoms with Crippen LogP contribution in [0, 0.1) is 0 Å². The van der Waals surface area contributed by atoms with Gasteiger partial charge in [-0.1, -0.05) is 30.0 Å². The highest BCUT2D eigenvalue weighted by Gasteiger charge is 2.15. The number of nitrogens with zero attached hydrogens (tertiary/aromatic N) is 2. The second-order valence-electron chi connectivity index (χ2n) is 4.37. The van der Waals surface area contributed by atoms with E-state index in [-0.39, 0.29) is 23.0 Å². The van der Waals surface area contributed by atoms with E-state index in [1.54, 1.807) is 18.2 Å². The number of amides is 1. The highest BCUT2D eigenvalue weighted by molar-refractivity contribution is 7.99. The van der Waals surface area contributed by atoms with E-state index in [0.29, 0.717) is 17.5 Å². The van der Waals surface area contributed by atoms with Crippen LogP contribution in [0.2, 0.25) is 0 Å². The van der Waals surface area contributed by atoms with Gasteiger partial charge in [0, 0.05) is 18.7 Å². The standard InChI is InChI=1S/C13H16N4O3S2/c18-12(14-7-8-21-13-15-10-16-17-13)6-9-22(19,20)11-4-2-1-3-5-11/h1-5,10H,6-9H2,(H,14,18)(H,15,16,17). The molecule has 2 rings (SSSR count). The molecule has 2 N–H and O–H groups in total. The van der Waals surface area contributed by atoms with Crippen LogP contribution < -0.4 is 5.32 Å². The van der Waals surface area contributed by atoms with Gasteiger partial charge in [-0.05, 0) is 12.1 Å². The molecule has 1 amide bonds. The summed E-state index contributed by atoms with van der Waals surface area (Å²) in [4.78, 5) is 15.8. The maximum atomic E-state index is 12.0. The van der Waals surface area contributed by atoms with Gasteiger partial charge < -0.3 is 5.32 Å². The van der Waals surface area contributed by atoms with Crippen LogP contribution >= 0.6 is 11.8 Å². The molecule has 0 aliphatic carbocycles. The molecule has 118 valence electrons. The number of aromatic nitrogens is 3. The lowest BCUT2D eigenvalue weighted by atomic mass is 10.4. The number of aromatic amines is 1. The number of sulfone groups is 1. The number of carbonyl (C=O) groups is 1. The predicted molar refractivity (Wildman–Crippen MR) is 83.2 cm³/mol. The van der Waals surface area contributed by atoms with E-state index in [1.807, 2.05) is 0 Å². The van der Waals surface area contributed by atoms with Crippen LogP contribution in [0.25, 0.3) is 0 Å². The quantitative estimate of drug-likeness (QED) is 0.546. The number of hydrogen-bond acceptors (Lipinski definition) is 6. The first-order chi connectivity index (χ1) is 10.6. The molecule has 1 aromatic carbocycles. The Hall–Kier alpha value is -1.87. The normalized spacial score (nSPS) is 11.3. The van der Waals surface area contributed by atoms with Crippen molar-refractivity contribution in [2.24, 2.45) is 0 Å². The topological polar surface area (TPSA) is 105 Å². The molecule has 2 aromatic rings. The first-order valence-corrected chi connectivity index (χ1v) is 9.24.